The Morgan fingerprint density at radius 3 is 2.46 bits per heavy atom. The van der Waals surface area contributed by atoms with Crippen LogP contribution in [-0.4, -0.2) is 26.4 Å². The Kier molecular flexibility index (Phi) is 5.43. The van der Waals surface area contributed by atoms with E-state index in [1.807, 2.05) is 39.0 Å². The van der Waals surface area contributed by atoms with E-state index in [0.29, 0.717) is 16.7 Å². The molecular weight excluding hydrogens is 444 g/mol. The van der Waals surface area contributed by atoms with Crippen molar-refractivity contribution in [3.63, 3.8) is 0 Å². The molecule has 1 aromatic heterocycles. The first-order valence-corrected chi connectivity index (χ1v) is 11.5. The highest BCUT2D eigenvalue weighted by Crippen LogP contribution is 2.41. The maximum absolute atomic E-state index is 13.7. The summed E-state index contributed by atoms with van der Waals surface area (Å²) in [5, 5.41) is 12.2. The number of para-hydroxylation sites is 3. The first-order valence-electron chi connectivity index (χ1n) is 11.5. The van der Waals surface area contributed by atoms with Gasteiger partial charge in [-0.2, -0.15) is 0 Å². The zero-order valence-electron chi connectivity index (χ0n) is 19.6. The number of fused-ring (bicyclic) bond motifs is 2. The van der Waals surface area contributed by atoms with Gasteiger partial charge in [0.15, 0.2) is 0 Å². The topological polar surface area (TPSA) is 98.3 Å². The number of aryl methyl sites for hydroxylation is 1. The fraction of sp³-hybridized carbons (Fsp3) is 0.222. The number of amides is 1. The monoisotopic (exact) mass is 468 g/mol. The zero-order chi connectivity index (χ0) is 24.9. The van der Waals surface area contributed by atoms with Crippen LogP contribution in [0.25, 0.3) is 16.6 Å². The van der Waals surface area contributed by atoms with E-state index >= 15 is 0 Å². The Balaban J connectivity index is 1.75. The van der Waals surface area contributed by atoms with Crippen molar-refractivity contribution in [2.75, 3.05) is 4.90 Å². The highest BCUT2D eigenvalue weighted by Gasteiger charge is 2.39. The second-order valence-electron chi connectivity index (χ2n) is 9.05. The molecule has 0 unspecified atom stereocenters. The molecule has 0 fully saturated rings. The van der Waals surface area contributed by atoms with Gasteiger partial charge in [0, 0.05) is 24.2 Å². The Morgan fingerprint density at radius 1 is 1.00 bits per heavy atom. The Bertz CT molecular complexity index is 1560. The van der Waals surface area contributed by atoms with Gasteiger partial charge in [-0.25, -0.2) is 4.98 Å². The second kappa shape index (κ2) is 8.47. The minimum absolute atomic E-state index is 0.0454. The Hall–Kier alpha value is -4.33. The Morgan fingerprint density at radius 2 is 1.71 bits per heavy atom. The lowest BCUT2D eigenvalue weighted by Crippen LogP contribution is -2.36. The summed E-state index contributed by atoms with van der Waals surface area (Å²) in [6.45, 7) is 5.89. The quantitative estimate of drug-likeness (QED) is 0.313. The van der Waals surface area contributed by atoms with E-state index in [0.717, 1.165) is 16.8 Å². The fourth-order valence-corrected chi connectivity index (χ4v) is 4.88. The molecule has 4 aromatic rings. The van der Waals surface area contributed by atoms with E-state index in [9.17, 15) is 19.7 Å². The minimum Gasteiger partial charge on any atom is -0.309 e. The molecular formula is C27H24N4O4. The predicted octanol–water partition coefficient (Wildman–Crippen LogP) is 4.68. The second-order valence-corrected chi connectivity index (χ2v) is 9.05. The van der Waals surface area contributed by atoms with Crippen LogP contribution in [-0.2, 0) is 11.2 Å². The summed E-state index contributed by atoms with van der Waals surface area (Å²) in [6, 6.07) is 18.9. The highest BCUT2D eigenvalue weighted by molar-refractivity contribution is 6.05. The van der Waals surface area contributed by atoms with Crippen LogP contribution in [0.3, 0.4) is 0 Å². The molecule has 8 nitrogen and oxygen atoms in total. The molecule has 35 heavy (non-hydrogen) atoms. The van der Waals surface area contributed by atoms with Gasteiger partial charge in [-0.1, -0.05) is 42.0 Å². The molecule has 5 rings (SSSR count). The number of aromatic nitrogens is 2. The van der Waals surface area contributed by atoms with Crippen LogP contribution in [0.5, 0.6) is 0 Å². The third-order valence-corrected chi connectivity index (χ3v) is 6.42. The highest BCUT2D eigenvalue weighted by atomic mass is 16.6. The van der Waals surface area contributed by atoms with E-state index in [1.165, 1.54) is 16.7 Å². The van der Waals surface area contributed by atoms with Crippen molar-refractivity contribution in [2.45, 2.75) is 39.2 Å². The molecule has 1 aliphatic heterocycles. The van der Waals surface area contributed by atoms with Crippen molar-refractivity contribution in [1.82, 2.24) is 9.55 Å². The number of nitro groups is 1. The summed E-state index contributed by atoms with van der Waals surface area (Å²) < 4.78 is 1.29. The average molecular weight is 469 g/mol. The molecule has 0 saturated heterocycles. The number of carbonyl (C=O) groups is 1. The molecule has 1 atom stereocenters. The van der Waals surface area contributed by atoms with Crippen LogP contribution >= 0.6 is 0 Å². The number of carbonyl (C=O) groups excluding carboxylic acids is 1. The lowest BCUT2D eigenvalue weighted by Gasteiger charge is -2.22. The summed E-state index contributed by atoms with van der Waals surface area (Å²) in [6.07, 6.45) is 0.130. The molecule has 8 heteroatoms. The van der Waals surface area contributed by atoms with Crippen LogP contribution in [0, 0.1) is 17.0 Å². The number of hydrogen-bond acceptors (Lipinski definition) is 5. The molecule has 2 heterocycles. The lowest BCUT2D eigenvalue weighted by molar-refractivity contribution is -0.384. The van der Waals surface area contributed by atoms with Gasteiger partial charge in [0.1, 0.15) is 11.5 Å². The van der Waals surface area contributed by atoms with Crippen molar-refractivity contribution in [2.24, 2.45) is 0 Å². The summed E-state index contributed by atoms with van der Waals surface area (Å²) in [4.78, 5) is 45.1. The van der Waals surface area contributed by atoms with E-state index < -0.39 is 16.4 Å². The minimum atomic E-state index is -0.561. The third kappa shape index (κ3) is 3.67. The number of anilines is 1. The molecule has 176 valence electrons. The maximum Gasteiger partial charge on any atom is 0.293 e. The standard InChI is InChI=1S/C27H24N4O4/c1-16(2)29-22-13-12-17(3)14-19(22)20(27(29)33)15-25-28-21-9-5-4-8-18(21)26(32)30(25)23-10-6-7-11-24(23)31(34)35/h4-14,16,20H,15H2,1-3H3/t20-/m1/s1. The first kappa shape index (κ1) is 22.5. The van der Waals surface area contributed by atoms with Crippen molar-refractivity contribution in [1.29, 1.82) is 0 Å². The van der Waals surface area contributed by atoms with Crippen LogP contribution in [0.15, 0.2) is 71.5 Å². The molecule has 1 aliphatic rings. The number of rotatable bonds is 5. The normalized spacial score (nSPS) is 15.1. The van der Waals surface area contributed by atoms with Crippen molar-refractivity contribution in [3.8, 4) is 5.69 Å². The number of nitro benzene ring substituents is 1. The van der Waals surface area contributed by atoms with E-state index in [-0.39, 0.29) is 29.7 Å². The van der Waals surface area contributed by atoms with Crippen LogP contribution in [0.4, 0.5) is 11.4 Å². The predicted molar refractivity (Wildman–Crippen MR) is 134 cm³/mol. The SMILES string of the molecule is Cc1ccc2c(c1)[C@@H](Cc1nc3ccccc3c(=O)n1-c1ccccc1[N+](=O)[O-])C(=O)N2C(C)C. The third-order valence-electron chi connectivity index (χ3n) is 6.42. The van der Waals surface area contributed by atoms with E-state index in [1.54, 1.807) is 41.3 Å². The van der Waals surface area contributed by atoms with Crippen LogP contribution in [0.1, 0.15) is 36.7 Å². The maximum atomic E-state index is 13.7. The van der Waals surface area contributed by atoms with Gasteiger partial charge in [0.05, 0.1) is 21.7 Å². The summed E-state index contributed by atoms with van der Waals surface area (Å²) in [7, 11) is 0. The smallest absolute Gasteiger partial charge is 0.293 e. The first-order chi connectivity index (χ1) is 16.8. The largest absolute Gasteiger partial charge is 0.309 e. The average Bonchev–Trinajstić information content (AvgIpc) is 3.10. The van der Waals surface area contributed by atoms with Gasteiger partial charge < -0.3 is 4.90 Å². The molecule has 1 amide bonds. The molecule has 3 aromatic carbocycles. The fourth-order valence-electron chi connectivity index (χ4n) is 4.88. The number of hydrogen-bond donors (Lipinski definition) is 0. The summed E-state index contributed by atoms with van der Waals surface area (Å²) in [5.41, 5.74) is 2.75. The van der Waals surface area contributed by atoms with Crippen LogP contribution < -0.4 is 10.5 Å². The molecule has 0 spiro atoms. The van der Waals surface area contributed by atoms with Gasteiger partial charge in [-0.3, -0.25) is 24.3 Å². The molecule has 0 radical (unpaired) electrons. The van der Waals surface area contributed by atoms with Gasteiger partial charge in [-0.15, -0.1) is 0 Å². The van der Waals surface area contributed by atoms with Gasteiger partial charge in [0.25, 0.3) is 11.2 Å². The number of benzene rings is 3. The van der Waals surface area contributed by atoms with Gasteiger partial charge in [-0.05, 0) is 50.6 Å². The van der Waals surface area contributed by atoms with Crippen LogP contribution in [0.2, 0.25) is 0 Å². The van der Waals surface area contributed by atoms with Gasteiger partial charge >= 0.3 is 0 Å². The molecule has 0 N–H and O–H groups in total. The summed E-state index contributed by atoms with van der Waals surface area (Å²) >= 11 is 0. The molecule has 0 saturated carbocycles. The van der Waals surface area contributed by atoms with E-state index in [2.05, 4.69) is 0 Å². The lowest BCUT2D eigenvalue weighted by atomic mass is 9.95. The number of nitrogens with zero attached hydrogens (tertiary/aromatic N) is 4. The van der Waals surface area contributed by atoms with Gasteiger partial charge in [0.2, 0.25) is 5.91 Å². The Labute approximate surface area is 201 Å². The van der Waals surface area contributed by atoms with E-state index in [4.69, 9.17) is 4.98 Å². The zero-order valence-corrected chi connectivity index (χ0v) is 19.6. The van der Waals surface area contributed by atoms with Crippen molar-refractivity contribution >= 4 is 28.2 Å². The molecule has 0 bridgehead atoms. The van der Waals surface area contributed by atoms with Crippen molar-refractivity contribution < 1.29 is 9.72 Å². The molecule has 0 aliphatic carbocycles. The van der Waals surface area contributed by atoms with Crippen molar-refractivity contribution in [3.05, 3.63) is 104 Å². The summed E-state index contributed by atoms with van der Waals surface area (Å²) in [5.74, 6) is -0.328.